The molecular formula is C5H9N3. The lowest BCUT2D eigenvalue weighted by molar-refractivity contribution is 0.587. The maximum Gasteiger partial charge on any atom is 0.217 e. The number of nitrogens with zero attached hydrogens (tertiary/aromatic N) is 2. The van der Waals surface area contributed by atoms with Crippen molar-refractivity contribution >= 4 is 11.7 Å². The van der Waals surface area contributed by atoms with Crippen molar-refractivity contribution in [2.75, 3.05) is 13.6 Å². The van der Waals surface area contributed by atoms with Crippen molar-refractivity contribution in [1.29, 1.82) is 5.41 Å². The molecule has 1 aliphatic heterocycles. The van der Waals surface area contributed by atoms with E-state index in [1.54, 1.807) is 4.90 Å². The molecule has 1 rings (SSSR count). The van der Waals surface area contributed by atoms with Gasteiger partial charge in [0.25, 0.3) is 0 Å². The van der Waals surface area contributed by atoms with Gasteiger partial charge in [-0.1, -0.05) is 0 Å². The molecular weight excluding hydrogens is 102 g/mol. The summed E-state index contributed by atoms with van der Waals surface area (Å²) >= 11 is 0. The van der Waals surface area contributed by atoms with Crippen LogP contribution in [-0.2, 0) is 0 Å². The van der Waals surface area contributed by atoms with Crippen LogP contribution in [0.25, 0.3) is 0 Å². The molecule has 1 N–H and O–H groups in total. The Kier molecular flexibility index (Phi) is 1.04. The number of hydrogen-bond donors (Lipinski definition) is 1. The largest absolute Gasteiger partial charge is 0.339 e. The van der Waals surface area contributed by atoms with Gasteiger partial charge in [0, 0.05) is 12.8 Å². The molecule has 0 bridgehead atoms. The topological polar surface area (TPSA) is 39.5 Å². The Labute approximate surface area is 48.5 Å². The van der Waals surface area contributed by atoms with E-state index < -0.39 is 0 Å². The van der Waals surface area contributed by atoms with Crippen LogP contribution in [0, 0.1) is 5.41 Å². The summed E-state index contributed by atoms with van der Waals surface area (Å²) in [5.74, 6) is 0.377. The Balaban J connectivity index is 2.70. The molecule has 0 unspecified atom stereocenters. The monoisotopic (exact) mass is 111 g/mol. The fourth-order valence-corrected chi connectivity index (χ4v) is 0.720. The standard InChI is InChI=1S/C5H9N3/c1-4-3-8(2)5(6)7-4/h6H,3H2,1-2H3. The fraction of sp³-hybridized carbons (Fsp3) is 0.600. The lowest BCUT2D eigenvalue weighted by Gasteiger charge is -2.05. The van der Waals surface area contributed by atoms with Crippen molar-refractivity contribution in [3.05, 3.63) is 0 Å². The smallest absolute Gasteiger partial charge is 0.217 e. The second-order valence-corrected chi connectivity index (χ2v) is 2.03. The van der Waals surface area contributed by atoms with Crippen LogP contribution in [0.2, 0.25) is 0 Å². The molecule has 44 valence electrons. The lowest BCUT2D eigenvalue weighted by Crippen LogP contribution is -2.20. The Morgan fingerprint density at radius 1 is 1.75 bits per heavy atom. The molecule has 0 saturated carbocycles. The third-order valence-electron chi connectivity index (χ3n) is 1.12. The second kappa shape index (κ2) is 1.58. The quantitative estimate of drug-likeness (QED) is 0.480. The number of rotatable bonds is 0. The first kappa shape index (κ1) is 5.28. The number of hydrogen-bond acceptors (Lipinski definition) is 1. The zero-order valence-corrected chi connectivity index (χ0v) is 5.10. The minimum atomic E-state index is 0.377. The van der Waals surface area contributed by atoms with E-state index in [0.717, 1.165) is 12.3 Å². The van der Waals surface area contributed by atoms with E-state index in [1.165, 1.54) is 0 Å². The molecule has 0 atom stereocenters. The summed E-state index contributed by atoms with van der Waals surface area (Å²) in [7, 11) is 1.86. The molecule has 8 heavy (non-hydrogen) atoms. The van der Waals surface area contributed by atoms with Gasteiger partial charge in [-0.15, -0.1) is 0 Å². The van der Waals surface area contributed by atoms with Gasteiger partial charge in [-0.05, 0) is 6.92 Å². The molecule has 0 spiro atoms. The van der Waals surface area contributed by atoms with E-state index in [1.807, 2.05) is 14.0 Å². The van der Waals surface area contributed by atoms with E-state index in [2.05, 4.69) is 4.99 Å². The fourth-order valence-electron chi connectivity index (χ4n) is 0.720. The Morgan fingerprint density at radius 2 is 2.38 bits per heavy atom. The maximum atomic E-state index is 7.12. The van der Waals surface area contributed by atoms with Gasteiger partial charge < -0.3 is 4.90 Å². The highest BCUT2D eigenvalue weighted by Gasteiger charge is 2.10. The summed E-state index contributed by atoms with van der Waals surface area (Å²) < 4.78 is 0. The maximum absolute atomic E-state index is 7.12. The summed E-state index contributed by atoms with van der Waals surface area (Å²) in [6.07, 6.45) is 0. The van der Waals surface area contributed by atoms with Crippen LogP contribution < -0.4 is 0 Å². The van der Waals surface area contributed by atoms with Crippen LogP contribution in [-0.4, -0.2) is 30.2 Å². The molecule has 1 heterocycles. The van der Waals surface area contributed by atoms with Gasteiger partial charge in [0.05, 0.1) is 6.54 Å². The van der Waals surface area contributed by atoms with Crippen molar-refractivity contribution in [2.45, 2.75) is 6.92 Å². The highest BCUT2D eigenvalue weighted by atomic mass is 15.3. The zero-order valence-electron chi connectivity index (χ0n) is 5.10. The second-order valence-electron chi connectivity index (χ2n) is 2.03. The number of aliphatic imine (C=N–C) groups is 1. The summed E-state index contributed by atoms with van der Waals surface area (Å²) in [5, 5.41) is 7.12. The van der Waals surface area contributed by atoms with Gasteiger partial charge in [0.1, 0.15) is 0 Å². The Bertz CT molecular complexity index is 148. The number of guanidine groups is 1. The average molecular weight is 111 g/mol. The molecule has 3 heteroatoms. The zero-order chi connectivity index (χ0) is 6.15. The lowest BCUT2D eigenvalue weighted by atomic mass is 10.4. The molecule has 0 fully saturated rings. The summed E-state index contributed by atoms with van der Waals surface area (Å²) in [5.41, 5.74) is 1.03. The van der Waals surface area contributed by atoms with Crippen LogP contribution >= 0.6 is 0 Å². The number of nitrogens with one attached hydrogen (secondary N) is 1. The first-order valence-corrected chi connectivity index (χ1v) is 2.54. The first-order valence-electron chi connectivity index (χ1n) is 2.54. The van der Waals surface area contributed by atoms with Gasteiger partial charge in [-0.3, -0.25) is 5.41 Å². The molecule has 0 aromatic heterocycles. The Hall–Kier alpha value is -0.860. The average Bonchev–Trinajstić information content (AvgIpc) is 1.85. The van der Waals surface area contributed by atoms with Crippen molar-refractivity contribution in [2.24, 2.45) is 4.99 Å². The van der Waals surface area contributed by atoms with Gasteiger partial charge in [0.2, 0.25) is 5.96 Å². The molecule has 0 aromatic carbocycles. The van der Waals surface area contributed by atoms with E-state index in [4.69, 9.17) is 5.41 Å². The minimum Gasteiger partial charge on any atom is -0.339 e. The first-order chi connectivity index (χ1) is 3.70. The van der Waals surface area contributed by atoms with Crippen LogP contribution in [0.1, 0.15) is 6.92 Å². The summed E-state index contributed by atoms with van der Waals surface area (Å²) in [6.45, 7) is 2.75. The van der Waals surface area contributed by atoms with Crippen molar-refractivity contribution < 1.29 is 0 Å². The van der Waals surface area contributed by atoms with Crippen molar-refractivity contribution in [3.63, 3.8) is 0 Å². The van der Waals surface area contributed by atoms with E-state index in [-0.39, 0.29) is 0 Å². The van der Waals surface area contributed by atoms with E-state index in [0.29, 0.717) is 5.96 Å². The molecule has 1 aliphatic rings. The van der Waals surface area contributed by atoms with Crippen molar-refractivity contribution in [1.82, 2.24) is 4.90 Å². The Morgan fingerprint density at radius 3 is 2.50 bits per heavy atom. The van der Waals surface area contributed by atoms with E-state index in [9.17, 15) is 0 Å². The molecule has 0 amide bonds. The molecule has 0 aliphatic carbocycles. The van der Waals surface area contributed by atoms with Crippen LogP contribution in [0.3, 0.4) is 0 Å². The normalized spacial score (nSPS) is 19.5. The predicted molar refractivity (Wildman–Crippen MR) is 33.5 cm³/mol. The predicted octanol–water partition coefficient (Wildman–Crippen LogP) is 0.327. The van der Waals surface area contributed by atoms with E-state index >= 15 is 0 Å². The molecule has 0 saturated heterocycles. The minimum absolute atomic E-state index is 0.377. The molecule has 0 radical (unpaired) electrons. The van der Waals surface area contributed by atoms with Crippen molar-refractivity contribution in [3.8, 4) is 0 Å². The van der Waals surface area contributed by atoms with Gasteiger partial charge in [-0.25, -0.2) is 4.99 Å². The third kappa shape index (κ3) is 0.710. The van der Waals surface area contributed by atoms with Gasteiger partial charge in [-0.2, -0.15) is 0 Å². The molecule has 0 aromatic rings. The van der Waals surface area contributed by atoms with Crippen LogP contribution in [0.15, 0.2) is 4.99 Å². The third-order valence-corrected chi connectivity index (χ3v) is 1.12. The van der Waals surface area contributed by atoms with Crippen LogP contribution in [0.4, 0.5) is 0 Å². The SMILES string of the molecule is CC1=NC(=N)N(C)C1. The van der Waals surface area contributed by atoms with Gasteiger partial charge in [0.15, 0.2) is 0 Å². The molecule has 3 nitrogen and oxygen atoms in total. The summed E-state index contributed by atoms with van der Waals surface area (Å²) in [6, 6.07) is 0. The highest BCUT2D eigenvalue weighted by molar-refractivity contribution is 6.01. The van der Waals surface area contributed by atoms with Gasteiger partial charge >= 0.3 is 0 Å². The van der Waals surface area contributed by atoms with Crippen LogP contribution in [0.5, 0.6) is 0 Å². The summed E-state index contributed by atoms with van der Waals surface area (Å²) in [4.78, 5) is 5.70. The highest BCUT2D eigenvalue weighted by Crippen LogP contribution is 1.97.